The molecule has 12 heavy (non-hydrogen) atoms. The van der Waals surface area contributed by atoms with Crippen LogP contribution in [0.1, 0.15) is 18.9 Å². The molecular formula is C11H15N. The summed E-state index contributed by atoms with van der Waals surface area (Å²) in [6, 6.07) is 8.01. The van der Waals surface area contributed by atoms with Crippen molar-refractivity contribution in [2.45, 2.75) is 19.8 Å². The van der Waals surface area contributed by atoms with Crippen molar-refractivity contribution >= 4 is 5.69 Å². The van der Waals surface area contributed by atoms with E-state index in [0.717, 1.165) is 18.5 Å². The number of aryl methyl sites for hydroxylation is 1. The van der Waals surface area contributed by atoms with Crippen molar-refractivity contribution in [2.75, 3.05) is 5.73 Å². The van der Waals surface area contributed by atoms with Gasteiger partial charge in [-0.05, 0) is 37.5 Å². The van der Waals surface area contributed by atoms with Gasteiger partial charge < -0.3 is 5.73 Å². The minimum atomic E-state index is 0.828. The van der Waals surface area contributed by atoms with Gasteiger partial charge in [0.25, 0.3) is 0 Å². The van der Waals surface area contributed by atoms with Gasteiger partial charge in [-0.3, -0.25) is 0 Å². The molecule has 0 fully saturated rings. The summed E-state index contributed by atoms with van der Waals surface area (Å²) in [6.45, 7) is 5.92. The van der Waals surface area contributed by atoms with E-state index in [2.05, 4.69) is 25.6 Å². The maximum absolute atomic E-state index is 5.57. The van der Waals surface area contributed by atoms with E-state index in [4.69, 9.17) is 5.73 Å². The van der Waals surface area contributed by atoms with Gasteiger partial charge in [0.05, 0.1) is 0 Å². The van der Waals surface area contributed by atoms with Crippen molar-refractivity contribution in [1.82, 2.24) is 0 Å². The molecule has 0 unspecified atom stereocenters. The molecule has 2 N–H and O–H groups in total. The van der Waals surface area contributed by atoms with Crippen LogP contribution in [0.15, 0.2) is 36.4 Å². The van der Waals surface area contributed by atoms with E-state index in [1.807, 2.05) is 12.1 Å². The maximum Gasteiger partial charge on any atom is 0.0314 e. The summed E-state index contributed by atoms with van der Waals surface area (Å²) in [5, 5.41) is 0. The monoisotopic (exact) mass is 161 g/mol. The molecule has 0 bridgehead atoms. The molecule has 0 spiro atoms. The van der Waals surface area contributed by atoms with Crippen LogP contribution in [0.2, 0.25) is 0 Å². The van der Waals surface area contributed by atoms with Crippen LogP contribution in [0.25, 0.3) is 0 Å². The molecule has 1 nitrogen and oxygen atoms in total. The zero-order valence-corrected chi connectivity index (χ0v) is 7.51. The van der Waals surface area contributed by atoms with Gasteiger partial charge >= 0.3 is 0 Å². The number of benzene rings is 1. The Morgan fingerprint density at radius 2 is 1.92 bits per heavy atom. The lowest BCUT2D eigenvalue weighted by atomic mass is 10.1. The van der Waals surface area contributed by atoms with E-state index in [1.54, 1.807) is 0 Å². The number of hydrogen-bond donors (Lipinski definition) is 1. The molecule has 1 aromatic carbocycles. The first-order valence-corrected chi connectivity index (χ1v) is 4.17. The van der Waals surface area contributed by atoms with Crippen LogP contribution < -0.4 is 5.73 Å². The van der Waals surface area contributed by atoms with Crippen molar-refractivity contribution in [3.8, 4) is 0 Å². The molecule has 0 saturated carbocycles. The fraction of sp³-hybridized carbons (Fsp3) is 0.273. The molecule has 0 heterocycles. The summed E-state index contributed by atoms with van der Waals surface area (Å²) in [4.78, 5) is 0. The van der Waals surface area contributed by atoms with Crippen LogP contribution >= 0.6 is 0 Å². The number of nitrogen functional groups attached to an aromatic ring is 1. The van der Waals surface area contributed by atoms with Gasteiger partial charge in [0.1, 0.15) is 0 Å². The lowest BCUT2D eigenvalue weighted by Gasteiger charge is -2.00. The Bertz CT molecular complexity index is 259. The number of hydrogen-bond acceptors (Lipinski definition) is 1. The van der Waals surface area contributed by atoms with Crippen LogP contribution in [-0.4, -0.2) is 0 Å². The van der Waals surface area contributed by atoms with Crippen LogP contribution in [0, 0.1) is 0 Å². The minimum Gasteiger partial charge on any atom is -0.399 e. The van der Waals surface area contributed by atoms with Crippen LogP contribution in [0.4, 0.5) is 5.69 Å². The Hall–Kier alpha value is -1.24. The van der Waals surface area contributed by atoms with Gasteiger partial charge in [-0.2, -0.15) is 0 Å². The van der Waals surface area contributed by atoms with E-state index in [-0.39, 0.29) is 0 Å². The summed E-state index contributed by atoms with van der Waals surface area (Å²) in [5.41, 5.74) is 8.95. The maximum atomic E-state index is 5.57. The van der Waals surface area contributed by atoms with Gasteiger partial charge in [-0.15, -0.1) is 6.58 Å². The van der Waals surface area contributed by atoms with Crippen molar-refractivity contribution < 1.29 is 0 Å². The molecule has 0 amide bonds. The largest absolute Gasteiger partial charge is 0.399 e. The van der Waals surface area contributed by atoms with Gasteiger partial charge in [-0.25, -0.2) is 0 Å². The highest BCUT2D eigenvalue weighted by atomic mass is 14.5. The zero-order valence-electron chi connectivity index (χ0n) is 7.51. The van der Waals surface area contributed by atoms with Crippen LogP contribution in [0.5, 0.6) is 0 Å². The summed E-state index contributed by atoms with van der Waals surface area (Å²) in [6.07, 6.45) is 2.12. The molecule has 64 valence electrons. The third kappa shape index (κ3) is 2.79. The predicted molar refractivity (Wildman–Crippen MR) is 54.0 cm³/mol. The molecule has 0 aliphatic heterocycles. The molecule has 0 atom stereocenters. The molecule has 1 aromatic rings. The average molecular weight is 161 g/mol. The van der Waals surface area contributed by atoms with Crippen molar-refractivity contribution in [2.24, 2.45) is 0 Å². The first-order chi connectivity index (χ1) is 5.68. The molecule has 0 saturated heterocycles. The number of anilines is 1. The molecule has 0 aromatic heterocycles. The van der Waals surface area contributed by atoms with Crippen molar-refractivity contribution in [3.63, 3.8) is 0 Å². The Morgan fingerprint density at radius 3 is 2.42 bits per heavy atom. The topological polar surface area (TPSA) is 26.0 Å². The summed E-state index contributed by atoms with van der Waals surface area (Å²) >= 11 is 0. The normalized spacial score (nSPS) is 9.75. The van der Waals surface area contributed by atoms with E-state index >= 15 is 0 Å². The highest BCUT2D eigenvalue weighted by Crippen LogP contribution is 2.09. The zero-order chi connectivity index (χ0) is 8.97. The average Bonchev–Trinajstić information content (AvgIpc) is 2.03. The second kappa shape index (κ2) is 3.96. The standard InChI is InChI=1S/C11H15N/c1-9(2)3-4-10-5-7-11(12)8-6-10/h5-8H,1,3-4,12H2,2H3. The summed E-state index contributed by atoms with van der Waals surface area (Å²) in [5.74, 6) is 0. The third-order valence-electron chi connectivity index (χ3n) is 1.82. The van der Waals surface area contributed by atoms with Crippen LogP contribution in [-0.2, 0) is 6.42 Å². The SMILES string of the molecule is C=C(C)CCc1ccc(N)cc1. The fourth-order valence-electron chi connectivity index (χ4n) is 1.04. The quantitative estimate of drug-likeness (QED) is 0.535. The lowest BCUT2D eigenvalue weighted by Crippen LogP contribution is -1.88. The number of allylic oxidation sites excluding steroid dienone is 1. The van der Waals surface area contributed by atoms with E-state index in [0.29, 0.717) is 0 Å². The van der Waals surface area contributed by atoms with Gasteiger partial charge in [0, 0.05) is 5.69 Å². The Balaban J connectivity index is 2.53. The molecular weight excluding hydrogens is 146 g/mol. The second-order valence-electron chi connectivity index (χ2n) is 3.20. The van der Waals surface area contributed by atoms with Crippen LogP contribution in [0.3, 0.4) is 0 Å². The van der Waals surface area contributed by atoms with E-state index < -0.39 is 0 Å². The number of nitrogens with two attached hydrogens (primary N) is 1. The molecule has 0 radical (unpaired) electrons. The second-order valence-corrected chi connectivity index (χ2v) is 3.20. The lowest BCUT2D eigenvalue weighted by molar-refractivity contribution is 0.946. The molecule has 1 heteroatoms. The first-order valence-electron chi connectivity index (χ1n) is 4.17. The van der Waals surface area contributed by atoms with Crippen molar-refractivity contribution in [3.05, 3.63) is 42.0 Å². The Morgan fingerprint density at radius 1 is 1.33 bits per heavy atom. The van der Waals surface area contributed by atoms with Gasteiger partial charge in [0.15, 0.2) is 0 Å². The summed E-state index contributed by atoms with van der Waals surface area (Å²) in [7, 11) is 0. The van der Waals surface area contributed by atoms with Gasteiger partial charge in [-0.1, -0.05) is 17.7 Å². The third-order valence-corrected chi connectivity index (χ3v) is 1.82. The number of rotatable bonds is 3. The first kappa shape index (κ1) is 8.85. The Kier molecular flexibility index (Phi) is 2.92. The summed E-state index contributed by atoms with van der Waals surface area (Å²) < 4.78 is 0. The van der Waals surface area contributed by atoms with Gasteiger partial charge in [0.2, 0.25) is 0 Å². The highest BCUT2D eigenvalue weighted by molar-refractivity contribution is 5.39. The predicted octanol–water partition coefficient (Wildman–Crippen LogP) is 2.78. The van der Waals surface area contributed by atoms with E-state index in [9.17, 15) is 0 Å². The highest BCUT2D eigenvalue weighted by Gasteiger charge is 1.92. The fourth-order valence-corrected chi connectivity index (χ4v) is 1.04. The van der Waals surface area contributed by atoms with E-state index in [1.165, 1.54) is 11.1 Å². The molecule has 0 aliphatic carbocycles. The van der Waals surface area contributed by atoms with Crippen molar-refractivity contribution in [1.29, 1.82) is 0 Å². The molecule has 1 rings (SSSR count). The Labute approximate surface area is 73.9 Å². The minimum absolute atomic E-state index is 0.828. The smallest absolute Gasteiger partial charge is 0.0314 e. The molecule has 0 aliphatic rings.